The highest BCUT2D eigenvalue weighted by Crippen LogP contribution is 2.45. The topological polar surface area (TPSA) is 27.7 Å². The molecule has 3 nitrogen and oxygen atoms in total. The van der Waals surface area contributed by atoms with Crippen LogP contribution in [0.1, 0.15) is 53.9 Å². The summed E-state index contributed by atoms with van der Waals surface area (Å²) in [6.07, 6.45) is 3.41. The average Bonchev–Trinajstić information content (AvgIpc) is 2.79. The third-order valence-electron chi connectivity index (χ3n) is 7.67. The standard InChI is InChI=1S/C28H40O3Si/c1-22-13-12-18-29-28(22)23(2)19-24(20-30-28)21-31-32(27(3,4)5,25-14-8-6-9-15-25)26-16-10-7-11-17-26/h6-11,14-17,22-24H,12-13,18-21H2,1-5H3/t22-,23+,24-,28?/m1/s1. The van der Waals surface area contributed by atoms with Crippen LogP contribution >= 0.6 is 0 Å². The molecule has 0 radical (unpaired) electrons. The molecule has 2 aromatic rings. The lowest BCUT2D eigenvalue weighted by molar-refractivity contribution is -0.329. The summed E-state index contributed by atoms with van der Waals surface area (Å²) in [6.45, 7) is 13.9. The molecule has 0 aromatic heterocycles. The second-order valence-corrected chi connectivity index (χ2v) is 15.2. The summed E-state index contributed by atoms with van der Waals surface area (Å²) in [5, 5.41) is 2.67. The molecule has 4 heteroatoms. The summed E-state index contributed by atoms with van der Waals surface area (Å²) in [6, 6.07) is 21.8. The van der Waals surface area contributed by atoms with E-state index in [2.05, 4.69) is 95.3 Å². The Morgan fingerprint density at radius 1 is 0.906 bits per heavy atom. The van der Waals surface area contributed by atoms with Gasteiger partial charge in [-0.2, -0.15) is 0 Å². The molecule has 0 saturated carbocycles. The van der Waals surface area contributed by atoms with Crippen molar-refractivity contribution in [2.24, 2.45) is 17.8 Å². The van der Waals surface area contributed by atoms with Crippen LogP contribution in [0, 0.1) is 17.8 Å². The molecule has 0 aliphatic carbocycles. The number of rotatable bonds is 5. The van der Waals surface area contributed by atoms with E-state index in [0.29, 0.717) is 24.4 Å². The maximum absolute atomic E-state index is 7.17. The third kappa shape index (κ3) is 4.23. The first-order chi connectivity index (χ1) is 15.3. The number of hydrogen-bond donors (Lipinski definition) is 0. The van der Waals surface area contributed by atoms with E-state index < -0.39 is 14.1 Å². The zero-order valence-corrected chi connectivity index (χ0v) is 21.5. The minimum atomic E-state index is -2.50. The van der Waals surface area contributed by atoms with Crippen LogP contribution in [-0.4, -0.2) is 33.9 Å². The predicted molar refractivity (Wildman–Crippen MR) is 134 cm³/mol. The van der Waals surface area contributed by atoms with Crippen LogP contribution in [0.4, 0.5) is 0 Å². The second-order valence-electron chi connectivity index (χ2n) is 10.9. The van der Waals surface area contributed by atoms with Crippen LogP contribution in [0.2, 0.25) is 5.04 Å². The van der Waals surface area contributed by atoms with Crippen LogP contribution < -0.4 is 10.4 Å². The largest absolute Gasteiger partial charge is 0.407 e. The molecule has 0 amide bonds. The fourth-order valence-electron chi connectivity index (χ4n) is 6.02. The van der Waals surface area contributed by atoms with Gasteiger partial charge in [0.2, 0.25) is 0 Å². The first-order valence-electron chi connectivity index (χ1n) is 12.3. The Hall–Kier alpha value is -1.46. The molecule has 1 spiro atoms. The maximum Gasteiger partial charge on any atom is 0.261 e. The van der Waals surface area contributed by atoms with Gasteiger partial charge in [-0.05, 0) is 34.7 Å². The lowest BCUT2D eigenvalue weighted by atomic mass is 9.78. The van der Waals surface area contributed by atoms with Crippen molar-refractivity contribution in [3.05, 3.63) is 60.7 Å². The minimum Gasteiger partial charge on any atom is -0.407 e. The number of ether oxygens (including phenoxy) is 2. The van der Waals surface area contributed by atoms with Crippen molar-refractivity contribution in [1.29, 1.82) is 0 Å². The number of benzene rings is 2. The van der Waals surface area contributed by atoms with Crippen molar-refractivity contribution in [2.75, 3.05) is 19.8 Å². The molecule has 2 aromatic carbocycles. The Bertz CT molecular complexity index is 824. The normalized spacial score (nSPS) is 29.2. The van der Waals surface area contributed by atoms with Crippen LogP contribution in [0.3, 0.4) is 0 Å². The van der Waals surface area contributed by atoms with E-state index in [9.17, 15) is 0 Å². The summed E-state index contributed by atoms with van der Waals surface area (Å²) in [5.74, 6) is 0.811. The van der Waals surface area contributed by atoms with E-state index in [4.69, 9.17) is 13.9 Å². The van der Waals surface area contributed by atoms with Crippen molar-refractivity contribution >= 4 is 18.7 Å². The van der Waals surface area contributed by atoms with E-state index in [0.717, 1.165) is 26.1 Å². The molecule has 4 rings (SSSR count). The monoisotopic (exact) mass is 452 g/mol. The Morgan fingerprint density at radius 3 is 2.00 bits per heavy atom. The second kappa shape index (κ2) is 9.42. The summed E-state index contributed by atoms with van der Waals surface area (Å²) < 4.78 is 20.0. The average molecular weight is 453 g/mol. The van der Waals surface area contributed by atoms with Gasteiger partial charge in [0.25, 0.3) is 8.32 Å². The van der Waals surface area contributed by atoms with E-state index in [1.54, 1.807) is 0 Å². The Balaban J connectivity index is 1.59. The molecule has 1 unspecified atom stereocenters. The van der Waals surface area contributed by atoms with Gasteiger partial charge in [-0.1, -0.05) is 95.3 Å². The fourth-order valence-corrected chi connectivity index (χ4v) is 10.7. The van der Waals surface area contributed by atoms with Gasteiger partial charge in [-0.15, -0.1) is 0 Å². The zero-order valence-electron chi connectivity index (χ0n) is 20.5. The van der Waals surface area contributed by atoms with E-state index in [1.165, 1.54) is 16.8 Å². The fraction of sp³-hybridized carbons (Fsp3) is 0.571. The lowest BCUT2D eigenvalue weighted by Crippen LogP contribution is -2.67. The molecule has 32 heavy (non-hydrogen) atoms. The first kappa shape index (κ1) is 23.7. The van der Waals surface area contributed by atoms with Crippen molar-refractivity contribution in [3.8, 4) is 0 Å². The molecular formula is C28H40O3Si. The SMILES string of the molecule is C[C@@H]1CCCOC12OC[C@H](CO[Si](c1ccccc1)(c1ccccc1)C(C)(C)C)C[C@@H]2C. The Kier molecular flexibility index (Phi) is 6.97. The summed E-state index contributed by atoms with van der Waals surface area (Å²) in [4.78, 5) is 0. The van der Waals surface area contributed by atoms with E-state index in [1.807, 2.05) is 0 Å². The van der Waals surface area contributed by atoms with Gasteiger partial charge in [0.15, 0.2) is 5.79 Å². The maximum atomic E-state index is 7.17. The quantitative estimate of drug-likeness (QED) is 0.570. The first-order valence-corrected chi connectivity index (χ1v) is 14.2. The molecule has 2 fully saturated rings. The van der Waals surface area contributed by atoms with Gasteiger partial charge in [0.1, 0.15) is 0 Å². The van der Waals surface area contributed by atoms with Crippen molar-refractivity contribution < 1.29 is 13.9 Å². The van der Waals surface area contributed by atoms with Crippen LogP contribution in [0.15, 0.2) is 60.7 Å². The molecule has 174 valence electrons. The van der Waals surface area contributed by atoms with Crippen molar-refractivity contribution in [1.82, 2.24) is 0 Å². The summed E-state index contributed by atoms with van der Waals surface area (Å²) in [5.41, 5.74) is 0. The highest BCUT2D eigenvalue weighted by molar-refractivity contribution is 6.99. The smallest absolute Gasteiger partial charge is 0.261 e. The molecule has 2 heterocycles. The molecule has 0 bridgehead atoms. The highest BCUT2D eigenvalue weighted by Gasteiger charge is 2.52. The highest BCUT2D eigenvalue weighted by atomic mass is 28.4. The molecule has 4 atom stereocenters. The van der Waals surface area contributed by atoms with Crippen LogP contribution in [-0.2, 0) is 13.9 Å². The molecule has 2 aliphatic rings. The molecule has 2 saturated heterocycles. The van der Waals surface area contributed by atoms with Crippen molar-refractivity contribution in [2.45, 2.75) is 64.7 Å². The Morgan fingerprint density at radius 2 is 1.50 bits per heavy atom. The van der Waals surface area contributed by atoms with Gasteiger partial charge in [-0.25, -0.2) is 0 Å². The van der Waals surface area contributed by atoms with Gasteiger partial charge >= 0.3 is 0 Å². The molecular weight excluding hydrogens is 412 g/mol. The summed E-state index contributed by atoms with van der Waals surface area (Å²) in [7, 11) is -2.50. The van der Waals surface area contributed by atoms with Crippen molar-refractivity contribution in [3.63, 3.8) is 0 Å². The van der Waals surface area contributed by atoms with E-state index >= 15 is 0 Å². The van der Waals surface area contributed by atoms with Gasteiger partial charge in [0.05, 0.1) is 13.2 Å². The van der Waals surface area contributed by atoms with E-state index in [-0.39, 0.29) is 5.04 Å². The predicted octanol–water partition coefficient (Wildman–Crippen LogP) is 5.38. The number of hydrogen-bond acceptors (Lipinski definition) is 3. The van der Waals surface area contributed by atoms with Crippen LogP contribution in [0.25, 0.3) is 0 Å². The minimum absolute atomic E-state index is 0.000928. The van der Waals surface area contributed by atoms with Gasteiger partial charge in [-0.3, -0.25) is 0 Å². The molecule has 2 aliphatic heterocycles. The lowest BCUT2D eigenvalue weighted by Gasteiger charge is -2.51. The zero-order chi connectivity index (χ0) is 22.8. The van der Waals surface area contributed by atoms with Gasteiger partial charge in [0, 0.05) is 24.4 Å². The third-order valence-corrected chi connectivity index (χ3v) is 12.7. The summed E-state index contributed by atoms with van der Waals surface area (Å²) >= 11 is 0. The molecule has 0 N–H and O–H groups in total. The Labute approximate surface area is 195 Å². The van der Waals surface area contributed by atoms with Crippen LogP contribution in [0.5, 0.6) is 0 Å². The van der Waals surface area contributed by atoms with Gasteiger partial charge < -0.3 is 13.9 Å².